The van der Waals surface area contributed by atoms with Crippen molar-refractivity contribution in [1.29, 1.82) is 0 Å². The van der Waals surface area contributed by atoms with E-state index in [1.54, 1.807) is 0 Å². The quantitative estimate of drug-likeness (QED) is 0.897. The van der Waals surface area contributed by atoms with E-state index < -0.39 is 5.60 Å². The van der Waals surface area contributed by atoms with Crippen LogP contribution in [0.5, 0.6) is 0 Å². The van der Waals surface area contributed by atoms with Crippen LogP contribution in [0.2, 0.25) is 0 Å². The molecule has 124 valence electrons. The summed E-state index contributed by atoms with van der Waals surface area (Å²) in [5.74, 6) is 0.605. The van der Waals surface area contributed by atoms with E-state index in [0.29, 0.717) is 12.0 Å². The fraction of sp³-hybridized carbons (Fsp3) is 0.750. The Morgan fingerprint density at radius 1 is 1.50 bits per heavy atom. The minimum absolute atomic E-state index is 0.189. The molecular formula is C16H28N4O2. The van der Waals surface area contributed by atoms with Gasteiger partial charge in [-0.3, -0.25) is 5.10 Å². The molecule has 1 aliphatic heterocycles. The molecule has 1 unspecified atom stereocenters. The van der Waals surface area contributed by atoms with Crippen LogP contribution in [0.1, 0.15) is 52.1 Å². The van der Waals surface area contributed by atoms with E-state index in [4.69, 9.17) is 4.74 Å². The fourth-order valence-electron chi connectivity index (χ4n) is 2.61. The van der Waals surface area contributed by atoms with Gasteiger partial charge in [0.05, 0.1) is 6.20 Å². The van der Waals surface area contributed by atoms with Crippen LogP contribution in [-0.2, 0) is 4.74 Å². The first kappa shape index (κ1) is 16.8. The second kappa shape index (κ2) is 7.13. The first-order valence-electron chi connectivity index (χ1n) is 8.05. The van der Waals surface area contributed by atoms with Gasteiger partial charge in [-0.15, -0.1) is 0 Å². The van der Waals surface area contributed by atoms with Gasteiger partial charge in [0.2, 0.25) is 0 Å². The van der Waals surface area contributed by atoms with Crippen LogP contribution in [0.15, 0.2) is 12.4 Å². The lowest BCUT2D eigenvalue weighted by molar-refractivity contribution is 0.0183. The molecule has 1 fully saturated rings. The molecule has 1 saturated heterocycles. The van der Waals surface area contributed by atoms with Gasteiger partial charge in [0.1, 0.15) is 5.60 Å². The molecule has 0 aromatic carbocycles. The summed E-state index contributed by atoms with van der Waals surface area (Å²) in [6.07, 6.45) is 5.62. The van der Waals surface area contributed by atoms with Crippen molar-refractivity contribution < 1.29 is 9.53 Å². The number of ether oxygens (including phenoxy) is 1. The summed E-state index contributed by atoms with van der Waals surface area (Å²) in [6.45, 7) is 10.4. The maximum absolute atomic E-state index is 12.0. The number of hydrogen-bond donors (Lipinski definition) is 2. The molecule has 1 atom stereocenters. The Balaban J connectivity index is 1.70. The van der Waals surface area contributed by atoms with Crippen molar-refractivity contribution in [2.75, 3.05) is 19.6 Å². The SMILES string of the molecule is CC(NCC1CCN(C(=O)OC(C)(C)C)CC1)c1cn[nH]c1. The first-order chi connectivity index (χ1) is 10.3. The molecule has 22 heavy (non-hydrogen) atoms. The lowest BCUT2D eigenvalue weighted by Crippen LogP contribution is -2.43. The Kier molecular flexibility index (Phi) is 5.45. The second-order valence-electron chi connectivity index (χ2n) is 7.07. The summed E-state index contributed by atoms with van der Waals surface area (Å²) < 4.78 is 5.42. The molecule has 0 aliphatic carbocycles. The van der Waals surface area contributed by atoms with Gasteiger partial charge in [-0.1, -0.05) is 0 Å². The van der Waals surface area contributed by atoms with Crippen LogP contribution in [0.4, 0.5) is 4.79 Å². The van der Waals surface area contributed by atoms with Gasteiger partial charge in [-0.25, -0.2) is 4.79 Å². The van der Waals surface area contributed by atoms with Crippen molar-refractivity contribution in [3.05, 3.63) is 18.0 Å². The molecule has 1 amide bonds. The number of rotatable bonds is 4. The van der Waals surface area contributed by atoms with E-state index in [9.17, 15) is 4.79 Å². The third-order valence-electron chi connectivity index (χ3n) is 4.00. The summed E-state index contributed by atoms with van der Waals surface area (Å²) in [5, 5.41) is 10.4. The van der Waals surface area contributed by atoms with E-state index in [2.05, 4.69) is 22.4 Å². The van der Waals surface area contributed by atoms with Gasteiger partial charge in [0.15, 0.2) is 0 Å². The van der Waals surface area contributed by atoms with Gasteiger partial charge in [0.25, 0.3) is 0 Å². The van der Waals surface area contributed by atoms with Crippen molar-refractivity contribution in [3.8, 4) is 0 Å². The molecule has 6 nitrogen and oxygen atoms in total. The highest BCUT2D eigenvalue weighted by Crippen LogP contribution is 2.20. The van der Waals surface area contributed by atoms with Gasteiger partial charge < -0.3 is 15.0 Å². The third-order valence-corrected chi connectivity index (χ3v) is 4.00. The number of H-pyrrole nitrogens is 1. The molecule has 1 aromatic rings. The van der Waals surface area contributed by atoms with E-state index in [-0.39, 0.29) is 6.09 Å². The average molecular weight is 308 g/mol. The number of carbonyl (C=O) groups excluding carboxylic acids is 1. The second-order valence-corrected chi connectivity index (χ2v) is 7.07. The zero-order valence-corrected chi connectivity index (χ0v) is 14.1. The summed E-state index contributed by atoms with van der Waals surface area (Å²) in [7, 11) is 0. The Morgan fingerprint density at radius 2 is 2.18 bits per heavy atom. The van der Waals surface area contributed by atoms with E-state index in [0.717, 1.165) is 32.5 Å². The van der Waals surface area contributed by atoms with Crippen molar-refractivity contribution in [1.82, 2.24) is 20.4 Å². The van der Waals surface area contributed by atoms with E-state index in [1.165, 1.54) is 5.56 Å². The van der Waals surface area contributed by atoms with Gasteiger partial charge in [-0.05, 0) is 53.0 Å². The van der Waals surface area contributed by atoms with Crippen LogP contribution in [-0.4, -0.2) is 46.4 Å². The fourth-order valence-corrected chi connectivity index (χ4v) is 2.61. The number of carbonyl (C=O) groups is 1. The maximum Gasteiger partial charge on any atom is 0.410 e. The molecule has 6 heteroatoms. The summed E-state index contributed by atoms with van der Waals surface area (Å²) >= 11 is 0. The maximum atomic E-state index is 12.0. The molecule has 1 aromatic heterocycles. The minimum Gasteiger partial charge on any atom is -0.444 e. The van der Waals surface area contributed by atoms with Gasteiger partial charge in [0, 0.05) is 30.9 Å². The lowest BCUT2D eigenvalue weighted by atomic mass is 9.96. The summed E-state index contributed by atoms with van der Waals surface area (Å²) in [6, 6.07) is 0.294. The Bertz CT molecular complexity index is 459. The lowest BCUT2D eigenvalue weighted by Gasteiger charge is -2.33. The van der Waals surface area contributed by atoms with Crippen molar-refractivity contribution in [2.24, 2.45) is 5.92 Å². The highest BCUT2D eigenvalue weighted by molar-refractivity contribution is 5.68. The number of hydrogen-bond acceptors (Lipinski definition) is 4. The molecule has 2 N–H and O–H groups in total. The Labute approximate surface area is 132 Å². The number of nitrogens with zero attached hydrogens (tertiary/aromatic N) is 2. The molecule has 1 aliphatic rings. The van der Waals surface area contributed by atoms with E-state index in [1.807, 2.05) is 38.1 Å². The molecule has 0 bridgehead atoms. The summed E-state index contributed by atoms with van der Waals surface area (Å²) in [4.78, 5) is 13.8. The van der Waals surface area contributed by atoms with E-state index >= 15 is 0 Å². The topological polar surface area (TPSA) is 70.2 Å². The molecule has 2 rings (SSSR count). The monoisotopic (exact) mass is 308 g/mol. The standard InChI is InChI=1S/C16H28N4O2/c1-12(14-10-18-19-11-14)17-9-13-5-7-20(8-6-13)15(21)22-16(2,3)4/h10-13,17H,5-9H2,1-4H3,(H,18,19). The predicted molar refractivity (Wildman–Crippen MR) is 85.5 cm³/mol. The number of amides is 1. The molecule has 0 radical (unpaired) electrons. The summed E-state index contributed by atoms with van der Waals surface area (Å²) in [5.41, 5.74) is 0.751. The zero-order chi connectivity index (χ0) is 16.2. The predicted octanol–water partition coefficient (Wildman–Crippen LogP) is 2.71. The highest BCUT2D eigenvalue weighted by Gasteiger charge is 2.26. The van der Waals surface area contributed by atoms with Crippen LogP contribution in [0.3, 0.4) is 0 Å². The first-order valence-corrected chi connectivity index (χ1v) is 8.05. The number of aromatic amines is 1. The molecule has 0 spiro atoms. The Hall–Kier alpha value is -1.56. The smallest absolute Gasteiger partial charge is 0.410 e. The average Bonchev–Trinajstić information content (AvgIpc) is 2.97. The number of aromatic nitrogens is 2. The number of nitrogens with one attached hydrogen (secondary N) is 2. The molecule has 2 heterocycles. The van der Waals surface area contributed by atoms with Gasteiger partial charge in [-0.2, -0.15) is 5.10 Å². The number of piperidine rings is 1. The van der Waals surface area contributed by atoms with Crippen molar-refractivity contribution in [2.45, 2.75) is 52.2 Å². The Morgan fingerprint density at radius 3 is 2.73 bits per heavy atom. The van der Waals surface area contributed by atoms with Crippen molar-refractivity contribution >= 4 is 6.09 Å². The van der Waals surface area contributed by atoms with Gasteiger partial charge >= 0.3 is 6.09 Å². The highest BCUT2D eigenvalue weighted by atomic mass is 16.6. The van der Waals surface area contributed by atoms with Crippen LogP contribution >= 0.6 is 0 Å². The van der Waals surface area contributed by atoms with Crippen molar-refractivity contribution in [3.63, 3.8) is 0 Å². The largest absolute Gasteiger partial charge is 0.444 e. The number of likely N-dealkylation sites (tertiary alicyclic amines) is 1. The molecule has 0 saturated carbocycles. The third kappa shape index (κ3) is 5.02. The normalized spacial score (nSPS) is 18.3. The minimum atomic E-state index is -0.421. The van der Waals surface area contributed by atoms with Crippen LogP contribution in [0, 0.1) is 5.92 Å². The molecular weight excluding hydrogens is 280 g/mol. The van der Waals surface area contributed by atoms with Crippen LogP contribution in [0.25, 0.3) is 0 Å². The zero-order valence-electron chi connectivity index (χ0n) is 14.1. The van der Waals surface area contributed by atoms with Crippen LogP contribution < -0.4 is 5.32 Å².